The van der Waals surface area contributed by atoms with E-state index < -0.39 is 5.97 Å². The fourth-order valence-corrected chi connectivity index (χ4v) is 4.26. The summed E-state index contributed by atoms with van der Waals surface area (Å²) < 4.78 is 5.76. The Morgan fingerprint density at radius 3 is 2.86 bits per heavy atom. The number of aryl methyl sites for hydroxylation is 1. The van der Waals surface area contributed by atoms with Crippen molar-refractivity contribution in [1.82, 2.24) is 0 Å². The molecule has 1 N–H and O–H groups in total. The van der Waals surface area contributed by atoms with Gasteiger partial charge in [0.15, 0.2) is 0 Å². The smallest absolute Gasteiger partial charge is 0.303 e. The fraction of sp³-hybridized carbons (Fsp3) is 0.160. The van der Waals surface area contributed by atoms with Gasteiger partial charge < -0.3 is 9.84 Å². The van der Waals surface area contributed by atoms with E-state index in [1.54, 1.807) is 0 Å². The third-order valence-corrected chi connectivity index (χ3v) is 5.59. The fourth-order valence-electron chi connectivity index (χ4n) is 4.26. The molecule has 0 spiro atoms. The Kier molecular flexibility index (Phi) is 4.01. The number of ether oxygens (including phenoxy) is 1. The van der Waals surface area contributed by atoms with Gasteiger partial charge in [-0.25, -0.2) is 0 Å². The first kappa shape index (κ1) is 16.8. The van der Waals surface area contributed by atoms with Gasteiger partial charge >= 0.3 is 5.97 Å². The van der Waals surface area contributed by atoms with Crippen LogP contribution in [0.2, 0.25) is 0 Å². The number of aliphatic carboxylic acids is 1. The summed E-state index contributed by atoms with van der Waals surface area (Å²) >= 11 is 0. The first-order valence-electron chi connectivity index (χ1n) is 9.62. The van der Waals surface area contributed by atoms with Crippen molar-refractivity contribution in [3.05, 3.63) is 93.4 Å². The SMILES string of the molecule is O=C(O)CCc1ccccc1C1=C/C=C\C=C/Cc2c3cc4c(\c2=C\1)=C(C3)O4. The number of carboxylic acid groups (broad SMARTS) is 1. The summed E-state index contributed by atoms with van der Waals surface area (Å²) in [6, 6.07) is 10.3. The molecule has 28 heavy (non-hydrogen) atoms. The second-order valence-corrected chi connectivity index (χ2v) is 7.34. The molecule has 2 heterocycles. The van der Waals surface area contributed by atoms with Crippen LogP contribution in [0.3, 0.4) is 0 Å². The van der Waals surface area contributed by atoms with Gasteiger partial charge in [-0.3, -0.25) is 4.79 Å². The van der Waals surface area contributed by atoms with Gasteiger partial charge in [-0.15, -0.1) is 0 Å². The Morgan fingerprint density at radius 1 is 1.14 bits per heavy atom. The van der Waals surface area contributed by atoms with Crippen LogP contribution in [-0.2, 0) is 24.1 Å². The van der Waals surface area contributed by atoms with E-state index in [0.717, 1.165) is 41.1 Å². The van der Waals surface area contributed by atoms with E-state index >= 15 is 0 Å². The molecule has 3 heteroatoms. The average Bonchev–Trinajstić information content (AvgIpc) is 2.70. The number of hydrogen-bond acceptors (Lipinski definition) is 2. The molecule has 0 amide bonds. The molecule has 3 aliphatic carbocycles. The van der Waals surface area contributed by atoms with Crippen LogP contribution in [0.15, 0.2) is 60.7 Å². The molecule has 5 aliphatic rings. The summed E-state index contributed by atoms with van der Waals surface area (Å²) in [7, 11) is 0. The summed E-state index contributed by atoms with van der Waals surface area (Å²) in [4.78, 5) is 11.1. The maximum atomic E-state index is 11.1. The normalized spacial score (nSPS) is 21.2. The monoisotopic (exact) mass is 368 g/mol. The molecule has 0 radical (unpaired) electrons. The molecular weight excluding hydrogens is 348 g/mol. The van der Waals surface area contributed by atoms with Gasteiger partial charge in [-0.1, -0.05) is 54.6 Å². The Bertz CT molecular complexity index is 1210. The second kappa shape index (κ2) is 6.68. The lowest BCUT2D eigenvalue weighted by atomic mass is 9.86. The first-order chi connectivity index (χ1) is 13.7. The van der Waals surface area contributed by atoms with Gasteiger partial charge in [-0.05, 0) is 58.0 Å². The van der Waals surface area contributed by atoms with E-state index in [2.05, 4.69) is 36.4 Å². The maximum absolute atomic E-state index is 11.1. The summed E-state index contributed by atoms with van der Waals surface area (Å²) in [5, 5.41) is 11.6. The molecule has 0 aromatic heterocycles. The third-order valence-electron chi connectivity index (χ3n) is 5.59. The molecule has 2 aliphatic heterocycles. The number of hydrogen-bond donors (Lipinski definition) is 1. The van der Waals surface area contributed by atoms with Crippen molar-refractivity contribution in [2.24, 2.45) is 0 Å². The number of allylic oxidation sites excluding steroid dienone is 6. The van der Waals surface area contributed by atoms with Crippen LogP contribution in [-0.4, -0.2) is 11.1 Å². The molecule has 2 aromatic rings. The minimum Gasteiger partial charge on any atom is -0.481 e. The Labute approximate surface area is 163 Å². The highest BCUT2D eigenvalue weighted by Crippen LogP contribution is 2.31. The van der Waals surface area contributed by atoms with Crippen molar-refractivity contribution in [3.63, 3.8) is 0 Å². The minimum absolute atomic E-state index is 0.130. The van der Waals surface area contributed by atoms with E-state index in [1.807, 2.05) is 30.4 Å². The topological polar surface area (TPSA) is 46.5 Å². The highest BCUT2D eigenvalue weighted by Gasteiger charge is 2.28. The van der Waals surface area contributed by atoms with Gasteiger partial charge in [0.1, 0.15) is 11.5 Å². The van der Waals surface area contributed by atoms with Crippen molar-refractivity contribution < 1.29 is 14.6 Å². The van der Waals surface area contributed by atoms with Crippen LogP contribution in [0.1, 0.15) is 28.7 Å². The molecule has 138 valence electrons. The van der Waals surface area contributed by atoms with Gasteiger partial charge in [-0.2, -0.15) is 0 Å². The zero-order valence-corrected chi connectivity index (χ0v) is 15.4. The minimum atomic E-state index is -0.772. The van der Waals surface area contributed by atoms with Crippen LogP contribution in [0.5, 0.6) is 5.75 Å². The molecule has 3 nitrogen and oxygen atoms in total. The lowest BCUT2D eigenvalue weighted by Crippen LogP contribution is -2.45. The lowest BCUT2D eigenvalue weighted by molar-refractivity contribution is -0.136. The van der Waals surface area contributed by atoms with E-state index in [0.29, 0.717) is 6.42 Å². The molecule has 4 bridgehead atoms. The summed E-state index contributed by atoms with van der Waals surface area (Å²) in [6.07, 6.45) is 15.2. The first-order valence-corrected chi connectivity index (χ1v) is 9.62. The van der Waals surface area contributed by atoms with Crippen LogP contribution < -0.4 is 15.2 Å². The maximum Gasteiger partial charge on any atom is 0.303 e. The van der Waals surface area contributed by atoms with Crippen molar-refractivity contribution in [1.29, 1.82) is 0 Å². The molecule has 0 saturated heterocycles. The van der Waals surface area contributed by atoms with Crippen molar-refractivity contribution >= 4 is 23.4 Å². The molecule has 0 unspecified atom stereocenters. The highest BCUT2D eigenvalue weighted by atomic mass is 16.5. The predicted molar refractivity (Wildman–Crippen MR) is 110 cm³/mol. The molecule has 0 fully saturated rings. The Balaban J connectivity index is 1.71. The van der Waals surface area contributed by atoms with Crippen molar-refractivity contribution in [2.75, 3.05) is 0 Å². The predicted octanol–water partition coefficient (Wildman–Crippen LogP) is 3.29. The lowest BCUT2D eigenvalue weighted by Gasteiger charge is -2.30. The molecule has 7 rings (SSSR count). The standard InChI is InChI=1S/C25H20O3/c26-24(27)12-11-16-7-5-6-9-19(16)17-8-3-1-2-4-10-20-18-14-22-25(21(20)13-17)23(15-18)28-22/h1-9,13-14H,10-12,15H2,(H,26,27)/b3-1-,4-2-,17-8+,21-13+. The van der Waals surface area contributed by atoms with Crippen LogP contribution in [0, 0.1) is 0 Å². The van der Waals surface area contributed by atoms with E-state index in [4.69, 9.17) is 9.84 Å². The summed E-state index contributed by atoms with van der Waals surface area (Å²) in [5.74, 6) is 1.30. The molecule has 0 atom stereocenters. The van der Waals surface area contributed by atoms with Gasteiger partial charge in [0.05, 0.1) is 5.22 Å². The van der Waals surface area contributed by atoms with Crippen LogP contribution in [0.4, 0.5) is 0 Å². The summed E-state index contributed by atoms with van der Waals surface area (Å²) in [5.41, 5.74) is 5.96. The van der Waals surface area contributed by atoms with Gasteiger partial charge in [0.25, 0.3) is 0 Å². The highest BCUT2D eigenvalue weighted by molar-refractivity contribution is 5.91. The van der Waals surface area contributed by atoms with E-state index in [9.17, 15) is 4.79 Å². The molecule has 2 aromatic carbocycles. The number of rotatable bonds is 4. The van der Waals surface area contributed by atoms with E-state index in [-0.39, 0.29) is 6.42 Å². The quantitative estimate of drug-likeness (QED) is 0.901. The van der Waals surface area contributed by atoms with Gasteiger partial charge in [0, 0.05) is 12.8 Å². The number of benzene rings is 2. The number of carbonyl (C=O) groups is 1. The van der Waals surface area contributed by atoms with Crippen molar-refractivity contribution in [2.45, 2.75) is 25.7 Å². The van der Waals surface area contributed by atoms with Crippen LogP contribution >= 0.6 is 0 Å². The third kappa shape index (κ3) is 2.80. The van der Waals surface area contributed by atoms with E-state index in [1.165, 1.54) is 21.6 Å². The zero-order chi connectivity index (χ0) is 19.1. The Morgan fingerprint density at radius 2 is 2.04 bits per heavy atom. The average molecular weight is 368 g/mol. The number of carboxylic acids is 1. The largest absolute Gasteiger partial charge is 0.481 e. The Hall–Kier alpha value is -3.33. The second-order valence-electron chi connectivity index (χ2n) is 7.34. The molecule has 0 saturated carbocycles. The summed E-state index contributed by atoms with van der Waals surface area (Å²) in [6.45, 7) is 0. The molecular formula is C25H20O3. The van der Waals surface area contributed by atoms with Crippen LogP contribution in [0.25, 0.3) is 17.4 Å². The van der Waals surface area contributed by atoms with Crippen molar-refractivity contribution in [3.8, 4) is 5.75 Å². The van der Waals surface area contributed by atoms with Gasteiger partial charge in [0.2, 0.25) is 0 Å². The zero-order valence-electron chi connectivity index (χ0n) is 15.4.